The lowest BCUT2D eigenvalue weighted by atomic mass is 9.99. The van der Waals surface area contributed by atoms with Gasteiger partial charge in [0.2, 0.25) is 6.29 Å². The summed E-state index contributed by atoms with van der Waals surface area (Å²) in [6.45, 7) is 1.27. The minimum Gasteiger partial charge on any atom is -0.462 e. The van der Waals surface area contributed by atoms with E-state index in [1.54, 1.807) is 54.9 Å². The molecule has 0 bridgehead atoms. The first-order valence-electron chi connectivity index (χ1n) is 10.8. The Morgan fingerprint density at radius 2 is 1.82 bits per heavy atom. The summed E-state index contributed by atoms with van der Waals surface area (Å²) in [7, 11) is 0. The van der Waals surface area contributed by atoms with E-state index in [1.165, 1.54) is 0 Å². The van der Waals surface area contributed by atoms with Crippen LogP contribution in [0.5, 0.6) is 5.75 Å². The van der Waals surface area contributed by atoms with Gasteiger partial charge in [0, 0.05) is 11.8 Å². The quantitative estimate of drug-likeness (QED) is 0.368. The van der Waals surface area contributed by atoms with Crippen molar-refractivity contribution in [2.75, 3.05) is 11.9 Å². The Kier molecular flexibility index (Phi) is 7.20. The van der Waals surface area contributed by atoms with E-state index in [9.17, 15) is 25.2 Å². The molecule has 0 spiro atoms. The lowest BCUT2D eigenvalue weighted by Crippen LogP contribution is -2.60. The molecule has 1 saturated heterocycles. The number of carbonyl (C=O) groups excluding carboxylic acids is 1. The number of anilines is 1. The Balaban J connectivity index is 1.50. The summed E-state index contributed by atoms with van der Waals surface area (Å²) in [5.74, 6) is 0.146. The molecule has 1 aromatic heterocycles. The first-order chi connectivity index (χ1) is 16.4. The van der Waals surface area contributed by atoms with Crippen LogP contribution in [-0.4, -0.2) is 68.6 Å². The number of aliphatic hydroxyl groups is 4. The van der Waals surface area contributed by atoms with Crippen LogP contribution in [-0.2, 0) is 4.74 Å². The Bertz CT molecular complexity index is 1140. The molecule has 1 aliphatic heterocycles. The summed E-state index contributed by atoms with van der Waals surface area (Å²) in [6, 6.07) is 16.0. The van der Waals surface area contributed by atoms with Crippen molar-refractivity contribution in [3.05, 3.63) is 78.1 Å². The lowest BCUT2D eigenvalue weighted by molar-refractivity contribution is -0.277. The Hall–Kier alpha value is -3.34. The highest BCUT2D eigenvalue weighted by molar-refractivity contribution is 6.04. The number of rotatable bonds is 6. The van der Waals surface area contributed by atoms with Gasteiger partial charge >= 0.3 is 0 Å². The van der Waals surface area contributed by atoms with Crippen molar-refractivity contribution < 1.29 is 34.7 Å². The molecule has 5 atom stereocenters. The van der Waals surface area contributed by atoms with Gasteiger partial charge in [0.15, 0.2) is 0 Å². The number of aromatic nitrogens is 1. The molecule has 0 radical (unpaired) electrons. The number of amides is 1. The number of nitrogens with one attached hydrogen (secondary N) is 1. The summed E-state index contributed by atoms with van der Waals surface area (Å²) in [6.07, 6.45) is -3.58. The zero-order valence-corrected chi connectivity index (χ0v) is 18.4. The molecule has 5 N–H and O–H groups in total. The molecular formula is C25H26N2O7. The number of hydrogen-bond donors (Lipinski definition) is 5. The molecule has 1 amide bonds. The van der Waals surface area contributed by atoms with Crippen molar-refractivity contribution in [3.63, 3.8) is 0 Å². The highest BCUT2D eigenvalue weighted by atomic mass is 16.7. The standard InChI is InChI=1S/C25H26N2O7/c1-14-10-16(7-8-19(14)33-25-23(31)22(30)21(29)20(13-28)34-25)15-4-2-5-17(11-15)24(32)27-18-6-3-9-26-12-18/h2-12,20-23,25,28-31H,13H2,1H3,(H,27,32)/t20-,21+,22-,23+,25-/m0/s1. The van der Waals surface area contributed by atoms with Crippen molar-refractivity contribution in [1.29, 1.82) is 0 Å². The van der Waals surface area contributed by atoms with Crippen LogP contribution in [0, 0.1) is 6.92 Å². The third-order valence-corrected chi connectivity index (χ3v) is 5.64. The summed E-state index contributed by atoms with van der Waals surface area (Å²) >= 11 is 0. The normalized spacial score (nSPS) is 24.4. The van der Waals surface area contributed by atoms with Gasteiger partial charge in [-0.25, -0.2) is 0 Å². The molecular weight excluding hydrogens is 440 g/mol. The third-order valence-electron chi connectivity index (χ3n) is 5.64. The highest BCUT2D eigenvalue weighted by Gasteiger charge is 2.44. The van der Waals surface area contributed by atoms with Gasteiger partial charge in [-0.2, -0.15) is 0 Å². The zero-order valence-electron chi connectivity index (χ0n) is 18.4. The number of aliphatic hydroxyl groups excluding tert-OH is 4. The molecule has 1 aliphatic rings. The summed E-state index contributed by atoms with van der Waals surface area (Å²) in [5.41, 5.74) is 3.47. The number of carbonyl (C=O) groups is 1. The third kappa shape index (κ3) is 5.09. The van der Waals surface area contributed by atoms with Crippen molar-refractivity contribution in [1.82, 2.24) is 4.98 Å². The van der Waals surface area contributed by atoms with Crippen LogP contribution in [0.25, 0.3) is 11.1 Å². The first kappa shape index (κ1) is 23.8. The van der Waals surface area contributed by atoms with E-state index in [1.807, 2.05) is 19.1 Å². The number of nitrogens with zero attached hydrogens (tertiary/aromatic N) is 1. The predicted octanol–water partition coefficient (Wildman–Crippen LogP) is 1.49. The van der Waals surface area contributed by atoms with E-state index in [-0.39, 0.29) is 5.91 Å². The molecule has 2 aromatic carbocycles. The second kappa shape index (κ2) is 10.3. The number of ether oxygens (including phenoxy) is 2. The monoisotopic (exact) mass is 466 g/mol. The Morgan fingerprint density at radius 1 is 1.03 bits per heavy atom. The second-order valence-corrected chi connectivity index (χ2v) is 8.07. The lowest BCUT2D eigenvalue weighted by Gasteiger charge is -2.39. The molecule has 34 heavy (non-hydrogen) atoms. The predicted molar refractivity (Wildman–Crippen MR) is 123 cm³/mol. The largest absolute Gasteiger partial charge is 0.462 e. The van der Waals surface area contributed by atoms with Gasteiger partial charge < -0.3 is 35.2 Å². The first-order valence-corrected chi connectivity index (χ1v) is 10.8. The van der Waals surface area contributed by atoms with E-state index in [0.717, 1.165) is 16.7 Å². The van der Waals surface area contributed by atoms with Gasteiger partial charge in [-0.05, 0) is 60.0 Å². The van der Waals surface area contributed by atoms with Gasteiger partial charge in [-0.3, -0.25) is 9.78 Å². The maximum absolute atomic E-state index is 12.6. The number of pyridine rings is 1. The van der Waals surface area contributed by atoms with E-state index in [0.29, 0.717) is 17.0 Å². The van der Waals surface area contributed by atoms with E-state index in [2.05, 4.69) is 10.3 Å². The maximum Gasteiger partial charge on any atom is 0.255 e. The smallest absolute Gasteiger partial charge is 0.255 e. The van der Waals surface area contributed by atoms with Crippen molar-refractivity contribution >= 4 is 11.6 Å². The fourth-order valence-electron chi connectivity index (χ4n) is 3.73. The fourth-order valence-corrected chi connectivity index (χ4v) is 3.73. The molecule has 2 heterocycles. The second-order valence-electron chi connectivity index (χ2n) is 8.07. The molecule has 9 heteroatoms. The van der Waals surface area contributed by atoms with E-state index < -0.39 is 37.3 Å². The molecule has 9 nitrogen and oxygen atoms in total. The van der Waals surface area contributed by atoms with Crippen molar-refractivity contribution in [3.8, 4) is 16.9 Å². The SMILES string of the molecule is Cc1cc(-c2cccc(C(=O)Nc3cccnc3)c2)ccc1O[C@H]1O[C@@H](CO)[C@@H](O)[C@H](O)[C@H]1O. The van der Waals surface area contributed by atoms with Gasteiger partial charge in [0.25, 0.3) is 5.91 Å². The minimum atomic E-state index is -1.52. The molecule has 0 saturated carbocycles. The average molecular weight is 466 g/mol. The van der Waals surface area contributed by atoms with Crippen molar-refractivity contribution in [2.24, 2.45) is 0 Å². The van der Waals surface area contributed by atoms with Gasteiger partial charge in [-0.15, -0.1) is 0 Å². The molecule has 4 rings (SSSR count). The molecule has 3 aromatic rings. The van der Waals surface area contributed by atoms with Gasteiger partial charge in [-0.1, -0.05) is 18.2 Å². The van der Waals surface area contributed by atoms with E-state index >= 15 is 0 Å². The summed E-state index contributed by atoms with van der Waals surface area (Å²) in [4.78, 5) is 16.6. The van der Waals surface area contributed by atoms with Crippen molar-refractivity contribution in [2.45, 2.75) is 37.6 Å². The topological polar surface area (TPSA) is 141 Å². The average Bonchev–Trinajstić information content (AvgIpc) is 2.86. The van der Waals surface area contributed by atoms with Crippen LogP contribution >= 0.6 is 0 Å². The molecule has 178 valence electrons. The highest BCUT2D eigenvalue weighted by Crippen LogP contribution is 2.30. The Labute approximate surface area is 196 Å². The van der Waals surface area contributed by atoms with Gasteiger partial charge in [0.1, 0.15) is 30.2 Å². The van der Waals surface area contributed by atoms with Crippen LogP contribution < -0.4 is 10.1 Å². The number of benzene rings is 2. The van der Waals surface area contributed by atoms with Gasteiger partial charge in [0.05, 0.1) is 18.5 Å². The molecule has 0 unspecified atom stereocenters. The van der Waals surface area contributed by atoms with Crippen LogP contribution in [0.3, 0.4) is 0 Å². The van der Waals surface area contributed by atoms with Crippen LogP contribution in [0.15, 0.2) is 67.0 Å². The maximum atomic E-state index is 12.6. The minimum absolute atomic E-state index is 0.255. The van der Waals surface area contributed by atoms with Crippen LogP contribution in [0.2, 0.25) is 0 Å². The molecule has 1 fully saturated rings. The molecule has 0 aliphatic carbocycles. The summed E-state index contributed by atoms with van der Waals surface area (Å²) in [5, 5.41) is 42.2. The number of aryl methyl sites for hydroxylation is 1. The fraction of sp³-hybridized carbons (Fsp3) is 0.280. The number of hydrogen-bond acceptors (Lipinski definition) is 8. The Morgan fingerprint density at radius 3 is 2.53 bits per heavy atom. The van der Waals surface area contributed by atoms with E-state index in [4.69, 9.17) is 9.47 Å². The zero-order chi connectivity index (χ0) is 24.2. The van der Waals surface area contributed by atoms with Crippen LogP contribution in [0.4, 0.5) is 5.69 Å². The summed E-state index contributed by atoms with van der Waals surface area (Å²) < 4.78 is 11.2. The van der Waals surface area contributed by atoms with Crippen LogP contribution in [0.1, 0.15) is 15.9 Å².